The van der Waals surface area contributed by atoms with Crippen molar-refractivity contribution in [3.63, 3.8) is 0 Å². The van der Waals surface area contributed by atoms with Gasteiger partial charge in [0.05, 0.1) is 4.92 Å². The van der Waals surface area contributed by atoms with Gasteiger partial charge in [-0.15, -0.1) is 0 Å². The summed E-state index contributed by atoms with van der Waals surface area (Å²) in [7, 11) is 0. The number of nitro groups is 1. The van der Waals surface area contributed by atoms with E-state index < -0.39 is 4.92 Å². The van der Waals surface area contributed by atoms with Crippen LogP contribution in [0.1, 0.15) is 0 Å². The van der Waals surface area contributed by atoms with Crippen LogP contribution in [0.3, 0.4) is 0 Å². The molecule has 5 nitrogen and oxygen atoms in total. The molecular weight excluding hydrogens is 278 g/mol. The largest absolute Gasteiger partial charge is 0.340 e. The van der Waals surface area contributed by atoms with E-state index in [2.05, 4.69) is 22.4 Å². The lowest BCUT2D eigenvalue weighted by Gasteiger charge is -2.07. The summed E-state index contributed by atoms with van der Waals surface area (Å²) in [6.45, 7) is 0. The van der Waals surface area contributed by atoms with Gasteiger partial charge in [0.25, 0.3) is 5.69 Å². The molecule has 108 valence electrons. The van der Waals surface area contributed by atoms with Gasteiger partial charge in [0, 0.05) is 11.8 Å². The molecule has 0 amide bonds. The highest BCUT2D eigenvalue weighted by Gasteiger charge is 2.05. The maximum Gasteiger partial charge on any atom is 0.287 e. The second kappa shape index (κ2) is 6.05. The van der Waals surface area contributed by atoms with E-state index in [1.165, 1.54) is 12.3 Å². The molecular formula is C17H13N3O2. The van der Waals surface area contributed by atoms with Gasteiger partial charge in [0.2, 0.25) is 0 Å². The normalized spacial score (nSPS) is 10.2. The number of aromatic nitrogens is 1. The average molecular weight is 291 g/mol. The minimum atomic E-state index is -0.467. The SMILES string of the molecule is O=[N+]([O-])c1ccc(Nc2ccc(-c3ccccc3)cc2)nc1. The van der Waals surface area contributed by atoms with Gasteiger partial charge >= 0.3 is 0 Å². The van der Waals surface area contributed by atoms with Gasteiger partial charge in [0.1, 0.15) is 12.0 Å². The van der Waals surface area contributed by atoms with Gasteiger partial charge in [-0.05, 0) is 29.3 Å². The Morgan fingerprint density at radius 2 is 1.55 bits per heavy atom. The van der Waals surface area contributed by atoms with Crippen LogP contribution < -0.4 is 5.32 Å². The van der Waals surface area contributed by atoms with Crippen molar-refractivity contribution in [1.29, 1.82) is 0 Å². The summed E-state index contributed by atoms with van der Waals surface area (Å²) in [6.07, 6.45) is 1.24. The molecule has 1 N–H and O–H groups in total. The molecule has 0 bridgehead atoms. The molecule has 0 aliphatic carbocycles. The monoisotopic (exact) mass is 291 g/mol. The molecule has 2 aromatic carbocycles. The van der Waals surface area contributed by atoms with Crippen molar-refractivity contribution >= 4 is 17.2 Å². The molecule has 0 unspecified atom stereocenters. The third-order valence-electron chi connectivity index (χ3n) is 3.22. The van der Waals surface area contributed by atoms with Crippen molar-refractivity contribution in [3.8, 4) is 11.1 Å². The molecule has 1 aromatic heterocycles. The quantitative estimate of drug-likeness (QED) is 0.571. The first kappa shape index (κ1) is 13.8. The van der Waals surface area contributed by atoms with Crippen LogP contribution in [0.4, 0.5) is 17.2 Å². The number of anilines is 2. The van der Waals surface area contributed by atoms with Gasteiger partial charge in [-0.3, -0.25) is 10.1 Å². The Morgan fingerprint density at radius 3 is 2.14 bits per heavy atom. The van der Waals surface area contributed by atoms with Crippen LogP contribution in [-0.2, 0) is 0 Å². The number of nitrogens with zero attached hydrogens (tertiary/aromatic N) is 2. The minimum Gasteiger partial charge on any atom is -0.340 e. The van der Waals surface area contributed by atoms with Crippen LogP contribution in [0, 0.1) is 10.1 Å². The van der Waals surface area contributed by atoms with E-state index in [-0.39, 0.29) is 5.69 Å². The van der Waals surface area contributed by atoms with E-state index in [1.54, 1.807) is 6.07 Å². The molecule has 5 heteroatoms. The summed E-state index contributed by atoms with van der Waals surface area (Å²) in [4.78, 5) is 14.1. The van der Waals surface area contributed by atoms with Crippen LogP contribution in [0.15, 0.2) is 72.9 Å². The molecule has 1 heterocycles. The van der Waals surface area contributed by atoms with Gasteiger partial charge in [-0.2, -0.15) is 0 Å². The van der Waals surface area contributed by atoms with Gasteiger partial charge in [-0.1, -0.05) is 42.5 Å². The van der Waals surface area contributed by atoms with Crippen molar-refractivity contribution in [1.82, 2.24) is 4.98 Å². The van der Waals surface area contributed by atoms with Crippen molar-refractivity contribution < 1.29 is 4.92 Å². The first-order chi connectivity index (χ1) is 10.7. The number of hydrogen-bond acceptors (Lipinski definition) is 4. The van der Waals surface area contributed by atoms with E-state index in [0.717, 1.165) is 16.8 Å². The third-order valence-corrected chi connectivity index (χ3v) is 3.22. The molecule has 3 rings (SSSR count). The molecule has 0 radical (unpaired) electrons. The zero-order chi connectivity index (χ0) is 15.4. The van der Waals surface area contributed by atoms with Crippen LogP contribution in [-0.4, -0.2) is 9.91 Å². The Kier molecular flexibility index (Phi) is 3.78. The highest BCUT2D eigenvalue weighted by molar-refractivity contribution is 5.67. The van der Waals surface area contributed by atoms with Crippen LogP contribution in [0.25, 0.3) is 11.1 Å². The number of hydrogen-bond donors (Lipinski definition) is 1. The summed E-state index contributed by atoms with van der Waals surface area (Å²) >= 11 is 0. The van der Waals surface area contributed by atoms with Crippen molar-refractivity contribution in [3.05, 3.63) is 83.0 Å². The van der Waals surface area contributed by atoms with Crippen LogP contribution >= 0.6 is 0 Å². The summed E-state index contributed by atoms with van der Waals surface area (Å²) in [6, 6.07) is 21.0. The summed E-state index contributed by atoms with van der Waals surface area (Å²) in [5.74, 6) is 0.568. The molecule has 0 aliphatic rings. The topological polar surface area (TPSA) is 68.1 Å². The molecule has 0 atom stereocenters. The maximum atomic E-state index is 10.6. The number of nitrogens with one attached hydrogen (secondary N) is 1. The molecule has 0 spiro atoms. The summed E-state index contributed by atoms with van der Waals surface area (Å²) in [5, 5.41) is 13.7. The zero-order valence-corrected chi connectivity index (χ0v) is 11.6. The fourth-order valence-corrected chi connectivity index (χ4v) is 2.09. The van der Waals surface area contributed by atoms with E-state index >= 15 is 0 Å². The average Bonchev–Trinajstić information content (AvgIpc) is 2.57. The number of pyridine rings is 1. The molecule has 22 heavy (non-hydrogen) atoms. The highest BCUT2D eigenvalue weighted by atomic mass is 16.6. The van der Waals surface area contributed by atoms with Crippen LogP contribution in [0.5, 0.6) is 0 Å². The van der Waals surface area contributed by atoms with E-state index in [0.29, 0.717) is 5.82 Å². The Bertz CT molecular complexity index is 769. The van der Waals surface area contributed by atoms with Crippen molar-refractivity contribution in [2.75, 3.05) is 5.32 Å². The number of benzene rings is 2. The Morgan fingerprint density at radius 1 is 0.864 bits per heavy atom. The number of rotatable bonds is 4. The smallest absolute Gasteiger partial charge is 0.287 e. The van der Waals surface area contributed by atoms with Crippen molar-refractivity contribution in [2.24, 2.45) is 0 Å². The van der Waals surface area contributed by atoms with Gasteiger partial charge in [-0.25, -0.2) is 4.98 Å². The zero-order valence-electron chi connectivity index (χ0n) is 11.6. The Labute approximate surface area is 127 Å². The first-order valence-electron chi connectivity index (χ1n) is 6.75. The Hall–Kier alpha value is -3.21. The fraction of sp³-hybridized carbons (Fsp3) is 0. The lowest BCUT2D eigenvalue weighted by Crippen LogP contribution is -1.95. The molecule has 0 fully saturated rings. The van der Waals surface area contributed by atoms with Crippen molar-refractivity contribution in [2.45, 2.75) is 0 Å². The summed E-state index contributed by atoms with van der Waals surface area (Å²) < 4.78 is 0. The second-order valence-electron chi connectivity index (χ2n) is 4.73. The standard InChI is InChI=1S/C17H13N3O2/c21-20(22)16-10-11-17(18-12-16)19-15-8-6-14(7-9-15)13-4-2-1-3-5-13/h1-12H,(H,18,19). The Balaban J connectivity index is 1.75. The van der Waals surface area contributed by atoms with Gasteiger partial charge in [0.15, 0.2) is 0 Å². The molecule has 3 aromatic rings. The maximum absolute atomic E-state index is 10.6. The summed E-state index contributed by atoms with van der Waals surface area (Å²) in [5.41, 5.74) is 3.14. The van der Waals surface area contributed by atoms with E-state index in [9.17, 15) is 10.1 Å². The lowest BCUT2D eigenvalue weighted by atomic mass is 10.1. The second-order valence-corrected chi connectivity index (χ2v) is 4.73. The molecule has 0 aliphatic heterocycles. The molecule has 0 saturated heterocycles. The van der Waals surface area contributed by atoms with Crippen LogP contribution in [0.2, 0.25) is 0 Å². The predicted octanol–water partition coefficient (Wildman–Crippen LogP) is 4.40. The highest BCUT2D eigenvalue weighted by Crippen LogP contribution is 2.23. The molecule has 0 saturated carbocycles. The van der Waals surface area contributed by atoms with E-state index in [1.807, 2.05) is 42.5 Å². The first-order valence-corrected chi connectivity index (χ1v) is 6.75. The third kappa shape index (κ3) is 3.09. The van der Waals surface area contributed by atoms with E-state index in [4.69, 9.17) is 0 Å². The fourth-order valence-electron chi connectivity index (χ4n) is 2.09. The lowest BCUT2D eigenvalue weighted by molar-refractivity contribution is -0.385. The minimum absolute atomic E-state index is 0.0232. The predicted molar refractivity (Wildman–Crippen MR) is 86.1 cm³/mol. The van der Waals surface area contributed by atoms with Gasteiger partial charge < -0.3 is 5.32 Å².